The van der Waals surface area contributed by atoms with Gasteiger partial charge in [0.1, 0.15) is 0 Å². The first-order valence-corrected chi connectivity index (χ1v) is 8.81. The van der Waals surface area contributed by atoms with Crippen LogP contribution in [-0.2, 0) is 15.4 Å². The van der Waals surface area contributed by atoms with Gasteiger partial charge in [-0.3, -0.25) is 4.72 Å². The number of imidazole rings is 1. The van der Waals surface area contributed by atoms with Crippen LogP contribution in [0.2, 0.25) is 0 Å². The normalized spacial score (nSPS) is 12.5. The molecule has 0 aliphatic rings. The molecule has 1 heterocycles. The summed E-state index contributed by atoms with van der Waals surface area (Å²) in [6.45, 7) is 6.16. The smallest absolute Gasteiger partial charge is 0.261 e. The second kappa shape index (κ2) is 5.38. The van der Waals surface area contributed by atoms with E-state index in [1.54, 1.807) is 30.6 Å². The van der Waals surface area contributed by atoms with Gasteiger partial charge >= 0.3 is 0 Å². The zero-order valence-electron chi connectivity index (χ0n) is 13.3. The molecule has 23 heavy (non-hydrogen) atoms. The van der Waals surface area contributed by atoms with E-state index < -0.39 is 10.0 Å². The Balaban J connectivity index is 2.02. The molecule has 0 amide bonds. The molecule has 0 saturated carbocycles. The van der Waals surface area contributed by atoms with Gasteiger partial charge in [0.25, 0.3) is 10.0 Å². The molecule has 3 aromatic rings. The molecule has 0 radical (unpaired) electrons. The number of hydrogen-bond donors (Lipinski definition) is 2. The van der Waals surface area contributed by atoms with Crippen LogP contribution in [0.3, 0.4) is 0 Å². The Bertz CT molecular complexity index is 953. The van der Waals surface area contributed by atoms with Crippen molar-refractivity contribution in [1.29, 1.82) is 0 Å². The summed E-state index contributed by atoms with van der Waals surface area (Å²) in [7, 11) is -3.66. The van der Waals surface area contributed by atoms with Crippen molar-refractivity contribution in [1.82, 2.24) is 9.97 Å². The fraction of sp³-hybridized carbons (Fsp3) is 0.235. The van der Waals surface area contributed by atoms with Gasteiger partial charge in [0.2, 0.25) is 0 Å². The molecule has 0 atom stereocenters. The lowest BCUT2D eigenvalue weighted by molar-refractivity contribution is 0.590. The summed E-state index contributed by atoms with van der Waals surface area (Å²) in [6, 6.07) is 12.3. The summed E-state index contributed by atoms with van der Waals surface area (Å²) in [5, 5.41) is 0. The minimum Gasteiger partial charge on any atom is -0.345 e. The molecule has 3 rings (SSSR count). The van der Waals surface area contributed by atoms with Crippen LogP contribution in [0, 0.1) is 0 Å². The number of aromatic nitrogens is 2. The summed E-state index contributed by atoms with van der Waals surface area (Å²) in [4.78, 5) is 7.24. The first-order chi connectivity index (χ1) is 10.8. The van der Waals surface area contributed by atoms with Gasteiger partial charge in [0.15, 0.2) is 0 Å². The second-order valence-corrected chi connectivity index (χ2v) is 8.16. The molecule has 2 N–H and O–H groups in total. The SMILES string of the molecule is CC(C)(C)c1ccccc1NS(=O)(=O)c1ccc2nc[nH]c2c1. The van der Waals surface area contributed by atoms with E-state index >= 15 is 0 Å². The van der Waals surface area contributed by atoms with Crippen LogP contribution < -0.4 is 4.72 Å². The first kappa shape index (κ1) is 15.6. The molecule has 0 aliphatic carbocycles. The van der Waals surface area contributed by atoms with Crippen molar-refractivity contribution in [3.8, 4) is 0 Å². The number of nitrogens with zero attached hydrogens (tertiary/aromatic N) is 1. The van der Waals surface area contributed by atoms with Crippen molar-refractivity contribution in [2.24, 2.45) is 0 Å². The summed E-state index contributed by atoms with van der Waals surface area (Å²) in [6.07, 6.45) is 1.55. The highest BCUT2D eigenvalue weighted by Gasteiger charge is 2.22. The van der Waals surface area contributed by atoms with Crippen LogP contribution >= 0.6 is 0 Å². The van der Waals surface area contributed by atoms with Crippen LogP contribution in [-0.4, -0.2) is 18.4 Å². The molecule has 0 fully saturated rings. The van der Waals surface area contributed by atoms with Crippen molar-refractivity contribution >= 4 is 26.7 Å². The average Bonchev–Trinajstić information content (AvgIpc) is 2.93. The van der Waals surface area contributed by atoms with Crippen LogP contribution in [0.15, 0.2) is 53.7 Å². The number of nitrogens with one attached hydrogen (secondary N) is 2. The van der Waals surface area contributed by atoms with E-state index in [4.69, 9.17) is 0 Å². The minimum atomic E-state index is -3.66. The highest BCUT2D eigenvalue weighted by atomic mass is 32.2. The molecule has 120 valence electrons. The largest absolute Gasteiger partial charge is 0.345 e. The predicted molar refractivity (Wildman–Crippen MR) is 92.0 cm³/mol. The quantitative estimate of drug-likeness (QED) is 0.770. The standard InChI is InChI=1S/C17H19N3O2S/c1-17(2,3)13-6-4-5-7-14(13)20-23(21,22)12-8-9-15-16(10-12)19-11-18-15/h4-11,20H,1-3H3,(H,18,19). The van der Waals surface area contributed by atoms with Crippen molar-refractivity contribution < 1.29 is 8.42 Å². The number of benzene rings is 2. The zero-order valence-corrected chi connectivity index (χ0v) is 14.1. The lowest BCUT2D eigenvalue weighted by Crippen LogP contribution is -2.19. The average molecular weight is 329 g/mol. The van der Waals surface area contributed by atoms with Gasteiger partial charge in [-0.25, -0.2) is 13.4 Å². The highest BCUT2D eigenvalue weighted by Crippen LogP contribution is 2.31. The minimum absolute atomic E-state index is 0.160. The Kier molecular flexibility index (Phi) is 3.64. The Hall–Kier alpha value is -2.34. The summed E-state index contributed by atoms with van der Waals surface area (Å²) in [5.41, 5.74) is 2.82. The Morgan fingerprint density at radius 3 is 2.57 bits per heavy atom. The fourth-order valence-corrected chi connectivity index (χ4v) is 3.62. The molecule has 0 saturated heterocycles. The van der Waals surface area contributed by atoms with E-state index in [2.05, 4.69) is 35.5 Å². The van der Waals surface area contributed by atoms with E-state index in [1.165, 1.54) is 0 Å². The van der Waals surface area contributed by atoms with Gasteiger partial charge in [0, 0.05) is 0 Å². The van der Waals surface area contributed by atoms with Crippen LogP contribution in [0.25, 0.3) is 11.0 Å². The predicted octanol–water partition coefficient (Wildman–Crippen LogP) is 3.66. The number of H-pyrrole nitrogens is 1. The number of aromatic amines is 1. The number of hydrogen-bond acceptors (Lipinski definition) is 3. The summed E-state index contributed by atoms with van der Waals surface area (Å²) >= 11 is 0. The van der Waals surface area contributed by atoms with Gasteiger partial charge in [-0.15, -0.1) is 0 Å². The Labute approximate surface area is 135 Å². The monoisotopic (exact) mass is 329 g/mol. The lowest BCUT2D eigenvalue weighted by Gasteiger charge is -2.23. The number of anilines is 1. The molecule has 5 nitrogen and oxygen atoms in total. The van der Waals surface area contributed by atoms with Crippen LogP contribution in [0.4, 0.5) is 5.69 Å². The van der Waals surface area contributed by atoms with Gasteiger partial charge < -0.3 is 4.98 Å². The van der Waals surface area contributed by atoms with E-state index in [1.807, 2.05) is 18.2 Å². The Morgan fingerprint density at radius 1 is 1.09 bits per heavy atom. The maximum Gasteiger partial charge on any atom is 0.261 e. The topological polar surface area (TPSA) is 74.8 Å². The van der Waals surface area contributed by atoms with E-state index in [9.17, 15) is 8.42 Å². The van der Waals surface area contributed by atoms with Gasteiger partial charge in [-0.2, -0.15) is 0 Å². The molecule has 2 aromatic carbocycles. The van der Waals surface area contributed by atoms with Gasteiger partial charge in [0.05, 0.1) is 27.9 Å². The third-order valence-electron chi connectivity index (χ3n) is 3.68. The molecule has 0 spiro atoms. The van der Waals surface area contributed by atoms with E-state index in [-0.39, 0.29) is 10.3 Å². The molecule has 0 bridgehead atoms. The van der Waals surface area contributed by atoms with Gasteiger partial charge in [-0.1, -0.05) is 39.0 Å². The van der Waals surface area contributed by atoms with Crippen molar-refractivity contribution in [2.45, 2.75) is 31.1 Å². The third-order valence-corrected chi connectivity index (χ3v) is 5.04. The van der Waals surface area contributed by atoms with Crippen LogP contribution in [0.1, 0.15) is 26.3 Å². The fourth-order valence-electron chi connectivity index (χ4n) is 2.51. The number of sulfonamides is 1. The van der Waals surface area contributed by atoms with E-state index in [0.717, 1.165) is 11.1 Å². The van der Waals surface area contributed by atoms with Crippen molar-refractivity contribution in [3.63, 3.8) is 0 Å². The third kappa shape index (κ3) is 3.07. The molecular formula is C17H19N3O2S. The molecule has 1 aromatic heterocycles. The molecule has 0 aliphatic heterocycles. The van der Waals surface area contributed by atoms with Crippen molar-refractivity contribution in [3.05, 3.63) is 54.4 Å². The zero-order chi connectivity index (χ0) is 16.7. The lowest BCUT2D eigenvalue weighted by atomic mass is 9.86. The summed E-state index contributed by atoms with van der Waals surface area (Å²) in [5.74, 6) is 0. The molecule has 6 heteroatoms. The van der Waals surface area contributed by atoms with Crippen LogP contribution in [0.5, 0.6) is 0 Å². The first-order valence-electron chi connectivity index (χ1n) is 7.33. The maximum atomic E-state index is 12.7. The second-order valence-electron chi connectivity index (χ2n) is 6.48. The van der Waals surface area contributed by atoms with E-state index in [0.29, 0.717) is 11.2 Å². The van der Waals surface area contributed by atoms with Crippen molar-refractivity contribution in [2.75, 3.05) is 4.72 Å². The highest BCUT2D eigenvalue weighted by molar-refractivity contribution is 7.92. The molecule has 0 unspecified atom stereocenters. The maximum absolute atomic E-state index is 12.7. The number of rotatable bonds is 3. The molecular weight excluding hydrogens is 310 g/mol. The number of para-hydroxylation sites is 1. The van der Waals surface area contributed by atoms with Gasteiger partial charge in [-0.05, 0) is 35.2 Å². The summed E-state index contributed by atoms with van der Waals surface area (Å²) < 4.78 is 28.1. The number of fused-ring (bicyclic) bond motifs is 1. The Morgan fingerprint density at radius 2 is 1.83 bits per heavy atom.